The highest BCUT2D eigenvalue weighted by Gasteiger charge is 2.08. The molecule has 0 aromatic heterocycles. The lowest BCUT2D eigenvalue weighted by Gasteiger charge is -2.06. The van der Waals surface area contributed by atoms with E-state index >= 15 is 0 Å². The van der Waals surface area contributed by atoms with E-state index in [-0.39, 0.29) is 12.2 Å². The number of hydrogen-bond acceptors (Lipinski definition) is 2. The second-order valence-corrected chi connectivity index (χ2v) is 3.89. The fourth-order valence-electron chi connectivity index (χ4n) is 1.01. The van der Waals surface area contributed by atoms with Gasteiger partial charge in [0.25, 0.3) is 0 Å². The maximum atomic E-state index is 11.3. The molecule has 1 aromatic rings. The average molecular weight is 246 g/mol. The van der Waals surface area contributed by atoms with Crippen molar-refractivity contribution in [3.63, 3.8) is 0 Å². The highest BCUT2D eigenvalue weighted by molar-refractivity contribution is 6.35. The molecule has 0 atom stereocenters. The number of Topliss-reactive ketones (excluding diaryl/α,β-unsaturated/α-hetero) is 1. The van der Waals surface area contributed by atoms with Crippen LogP contribution in [-0.4, -0.2) is 11.7 Å². The molecular formula is C10H9Cl2NO2. The monoisotopic (exact) mass is 245 g/mol. The summed E-state index contributed by atoms with van der Waals surface area (Å²) in [7, 11) is 0. The molecule has 0 aliphatic heterocycles. The number of rotatable bonds is 3. The number of carbonyl (C=O) groups is 2. The Labute approximate surface area is 97.4 Å². The quantitative estimate of drug-likeness (QED) is 0.833. The molecule has 1 amide bonds. The summed E-state index contributed by atoms with van der Waals surface area (Å²) in [6.07, 6.45) is -0.164. The second-order valence-electron chi connectivity index (χ2n) is 3.05. The summed E-state index contributed by atoms with van der Waals surface area (Å²) in [6.45, 7) is 1.35. The molecule has 0 saturated carbocycles. The van der Waals surface area contributed by atoms with Crippen LogP contribution in [0, 0.1) is 0 Å². The molecule has 0 aliphatic rings. The normalized spacial score (nSPS) is 9.80. The number of hydrogen-bond donors (Lipinski definition) is 1. The third kappa shape index (κ3) is 3.90. The van der Waals surface area contributed by atoms with Gasteiger partial charge in [-0.1, -0.05) is 23.2 Å². The minimum atomic E-state index is -0.397. The van der Waals surface area contributed by atoms with Gasteiger partial charge in [0.05, 0.1) is 17.1 Å². The van der Waals surface area contributed by atoms with E-state index in [1.807, 2.05) is 0 Å². The Morgan fingerprint density at radius 3 is 2.60 bits per heavy atom. The van der Waals surface area contributed by atoms with Crippen LogP contribution < -0.4 is 5.32 Å². The molecule has 1 rings (SSSR count). The van der Waals surface area contributed by atoms with Crippen LogP contribution in [-0.2, 0) is 9.59 Å². The molecule has 0 radical (unpaired) electrons. The predicted octanol–water partition coefficient (Wildman–Crippen LogP) is 2.91. The first kappa shape index (κ1) is 12.0. The molecular weight excluding hydrogens is 237 g/mol. The largest absolute Gasteiger partial charge is 0.324 e. The van der Waals surface area contributed by atoms with E-state index in [1.54, 1.807) is 12.1 Å². The third-order valence-corrected chi connectivity index (χ3v) is 2.18. The molecule has 3 nitrogen and oxygen atoms in total. The Kier molecular flexibility index (Phi) is 4.12. The Bertz CT molecular complexity index is 404. The molecule has 0 bridgehead atoms. The van der Waals surface area contributed by atoms with Crippen LogP contribution in [0.1, 0.15) is 13.3 Å². The molecule has 0 spiro atoms. The van der Waals surface area contributed by atoms with Gasteiger partial charge in [-0.15, -0.1) is 0 Å². The van der Waals surface area contributed by atoms with Crippen molar-refractivity contribution >= 4 is 40.6 Å². The van der Waals surface area contributed by atoms with Crippen molar-refractivity contribution in [1.29, 1.82) is 0 Å². The van der Waals surface area contributed by atoms with Crippen molar-refractivity contribution in [3.05, 3.63) is 28.2 Å². The van der Waals surface area contributed by atoms with Crippen molar-refractivity contribution in [2.75, 3.05) is 5.32 Å². The molecule has 1 aromatic carbocycles. The van der Waals surface area contributed by atoms with Crippen LogP contribution >= 0.6 is 23.2 Å². The molecule has 80 valence electrons. The lowest BCUT2D eigenvalue weighted by atomic mass is 10.2. The van der Waals surface area contributed by atoms with Crippen molar-refractivity contribution in [1.82, 2.24) is 0 Å². The second kappa shape index (κ2) is 5.14. The predicted molar refractivity (Wildman–Crippen MR) is 60.4 cm³/mol. The van der Waals surface area contributed by atoms with Crippen molar-refractivity contribution < 1.29 is 9.59 Å². The Hall–Kier alpha value is -1.06. The van der Waals surface area contributed by atoms with Crippen LogP contribution in [0.15, 0.2) is 18.2 Å². The van der Waals surface area contributed by atoms with Gasteiger partial charge < -0.3 is 5.32 Å². The summed E-state index contributed by atoms with van der Waals surface area (Å²) in [5.41, 5.74) is 0.412. The average Bonchev–Trinajstić information content (AvgIpc) is 2.10. The van der Waals surface area contributed by atoms with Crippen LogP contribution in [0.4, 0.5) is 5.69 Å². The van der Waals surface area contributed by atoms with E-state index in [2.05, 4.69) is 5.32 Å². The van der Waals surface area contributed by atoms with E-state index in [1.165, 1.54) is 13.0 Å². The smallest absolute Gasteiger partial charge is 0.231 e. The molecule has 15 heavy (non-hydrogen) atoms. The highest BCUT2D eigenvalue weighted by atomic mass is 35.5. The number of amides is 1. The van der Waals surface area contributed by atoms with Gasteiger partial charge in [0, 0.05) is 5.02 Å². The summed E-state index contributed by atoms with van der Waals surface area (Å²) >= 11 is 11.5. The number of halogens is 2. The van der Waals surface area contributed by atoms with Crippen LogP contribution in [0.3, 0.4) is 0 Å². The lowest BCUT2D eigenvalue weighted by Crippen LogP contribution is -2.14. The van der Waals surface area contributed by atoms with Gasteiger partial charge in [-0.05, 0) is 25.1 Å². The number of nitrogens with one attached hydrogen (secondary N) is 1. The van der Waals surface area contributed by atoms with E-state index in [0.29, 0.717) is 15.7 Å². The number of ketones is 1. The SMILES string of the molecule is CC(=O)CC(=O)Nc1cc(Cl)ccc1Cl. The number of anilines is 1. The standard InChI is InChI=1S/C10H9Cl2NO2/c1-6(14)4-10(15)13-9-5-7(11)2-3-8(9)12/h2-3,5H,4H2,1H3,(H,13,15). The molecule has 5 heteroatoms. The maximum absolute atomic E-state index is 11.3. The Balaban J connectivity index is 2.76. The van der Waals surface area contributed by atoms with Gasteiger partial charge >= 0.3 is 0 Å². The first-order valence-corrected chi connectivity index (χ1v) is 4.99. The fourth-order valence-corrected chi connectivity index (χ4v) is 1.35. The van der Waals surface area contributed by atoms with Crippen LogP contribution in [0.2, 0.25) is 10.0 Å². The Morgan fingerprint density at radius 1 is 1.33 bits per heavy atom. The molecule has 0 saturated heterocycles. The highest BCUT2D eigenvalue weighted by Crippen LogP contribution is 2.25. The van der Waals surface area contributed by atoms with Gasteiger partial charge in [-0.25, -0.2) is 0 Å². The summed E-state index contributed by atoms with van der Waals surface area (Å²) in [5.74, 6) is -0.600. The fraction of sp³-hybridized carbons (Fsp3) is 0.200. The molecule has 0 aliphatic carbocycles. The number of benzene rings is 1. The maximum Gasteiger partial charge on any atom is 0.231 e. The Morgan fingerprint density at radius 2 is 2.00 bits per heavy atom. The van der Waals surface area contributed by atoms with Gasteiger partial charge in [-0.3, -0.25) is 9.59 Å². The third-order valence-electron chi connectivity index (χ3n) is 1.61. The van der Waals surface area contributed by atoms with Crippen LogP contribution in [0.25, 0.3) is 0 Å². The van der Waals surface area contributed by atoms with Gasteiger partial charge in [-0.2, -0.15) is 0 Å². The first-order chi connectivity index (χ1) is 6.99. The molecule has 1 N–H and O–H groups in total. The minimum Gasteiger partial charge on any atom is -0.324 e. The van der Waals surface area contributed by atoms with Crippen molar-refractivity contribution in [3.8, 4) is 0 Å². The summed E-state index contributed by atoms with van der Waals surface area (Å²) < 4.78 is 0. The summed E-state index contributed by atoms with van der Waals surface area (Å²) in [4.78, 5) is 21.9. The van der Waals surface area contributed by atoms with Crippen LogP contribution in [0.5, 0.6) is 0 Å². The zero-order chi connectivity index (χ0) is 11.4. The van der Waals surface area contributed by atoms with Gasteiger partial charge in [0.15, 0.2) is 0 Å². The van der Waals surface area contributed by atoms with E-state index in [9.17, 15) is 9.59 Å². The lowest BCUT2D eigenvalue weighted by molar-refractivity contribution is -0.124. The molecule has 0 unspecified atom stereocenters. The van der Waals surface area contributed by atoms with E-state index < -0.39 is 5.91 Å². The van der Waals surface area contributed by atoms with Gasteiger partial charge in [0.1, 0.15) is 5.78 Å². The van der Waals surface area contributed by atoms with Crippen molar-refractivity contribution in [2.45, 2.75) is 13.3 Å². The van der Waals surface area contributed by atoms with E-state index in [0.717, 1.165) is 0 Å². The van der Waals surface area contributed by atoms with Crippen molar-refractivity contribution in [2.24, 2.45) is 0 Å². The summed E-state index contributed by atoms with van der Waals surface area (Å²) in [6, 6.07) is 4.72. The summed E-state index contributed by atoms with van der Waals surface area (Å²) in [5, 5.41) is 3.36. The molecule has 0 heterocycles. The first-order valence-electron chi connectivity index (χ1n) is 4.23. The molecule has 0 fully saturated rings. The van der Waals surface area contributed by atoms with Gasteiger partial charge in [0.2, 0.25) is 5.91 Å². The zero-order valence-corrected chi connectivity index (χ0v) is 9.52. The zero-order valence-electron chi connectivity index (χ0n) is 8.01. The van der Waals surface area contributed by atoms with E-state index in [4.69, 9.17) is 23.2 Å². The number of carbonyl (C=O) groups excluding carboxylic acids is 2. The minimum absolute atomic E-state index is 0.164. The topological polar surface area (TPSA) is 46.2 Å².